The van der Waals surface area contributed by atoms with E-state index >= 15 is 0 Å². The first kappa shape index (κ1) is 24.5. The molecule has 0 atom stereocenters. The predicted molar refractivity (Wildman–Crippen MR) is 157 cm³/mol. The van der Waals surface area contributed by atoms with Crippen LogP contribution >= 0.6 is 0 Å². The van der Waals surface area contributed by atoms with Crippen LogP contribution in [0.1, 0.15) is 27.2 Å². The molecule has 1 N–H and O–H groups in total. The van der Waals surface area contributed by atoms with E-state index in [2.05, 4.69) is 51.7 Å². The predicted octanol–water partition coefficient (Wildman–Crippen LogP) is 7.46. The van der Waals surface area contributed by atoms with Gasteiger partial charge in [0.25, 0.3) is 0 Å². The maximum atomic E-state index is 12.6. The third kappa shape index (κ3) is 4.21. The summed E-state index contributed by atoms with van der Waals surface area (Å²) in [5, 5.41) is 14.5. The Balaban J connectivity index is 1.58. The number of aromatic carboxylic acids is 1. The molecular weight excluding hydrogens is 533 g/mol. The van der Waals surface area contributed by atoms with Crippen LogP contribution in [0, 0.1) is 6.92 Å². The molecule has 0 spiro atoms. The number of carboxylic acids is 1. The van der Waals surface area contributed by atoms with Crippen molar-refractivity contribution in [1.82, 2.24) is 14.0 Å². The average Bonchev–Trinajstić information content (AvgIpc) is 3.46. The number of hydrogen-bond acceptors (Lipinski definition) is 2. The summed E-state index contributed by atoms with van der Waals surface area (Å²) in [6, 6.07) is 24.1. The number of aryl methyl sites for hydroxylation is 2. The number of nitrogens with zero attached hydrogens (tertiary/aromatic N) is 3. The van der Waals surface area contributed by atoms with E-state index in [1.165, 1.54) is 27.2 Å². The van der Waals surface area contributed by atoms with Gasteiger partial charge < -0.3 is 0 Å². The number of carboxylic acid groups (broad SMARTS) is 1. The number of aromatic nitrogens is 3. The van der Waals surface area contributed by atoms with E-state index < -0.39 is 20.6 Å². The molecule has 0 aliphatic rings. The summed E-state index contributed by atoms with van der Waals surface area (Å²) in [7, 11) is 0. The summed E-state index contributed by atoms with van der Waals surface area (Å²) in [6.07, 6.45) is 4.99. The molecule has 190 valence electrons. The Bertz CT molecular complexity index is 1830. The standard InChI is InChI=1S/C32H30AsN3O2/c1-21-9-8-12-26-29(21)23(20-35(26)18-16-33(2)3)19-27-31(34-28-13-6-7-17-36(27)28)25-15-14-22-10-4-5-11-24(22)30(25)32(37)38/h4-15,17,20H,16,18-19H2,1-3H3,(H,37,38). The van der Waals surface area contributed by atoms with Crippen LogP contribution in [-0.2, 0) is 13.0 Å². The van der Waals surface area contributed by atoms with Gasteiger partial charge in [0.15, 0.2) is 0 Å². The third-order valence-corrected chi connectivity index (χ3v) is 9.66. The fourth-order valence-electron chi connectivity index (χ4n) is 5.57. The summed E-state index contributed by atoms with van der Waals surface area (Å²) in [6.45, 7) is 3.20. The molecule has 0 amide bonds. The van der Waals surface area contributed by atoms with Crippen molar-refractivity contribution in [1.29, 1.82) is 0 Å². The zero-order valence-corrected chi connectivity index (χ0v) is 23.7. The van der Waals surface area contributed by atoms with Crippen LogP contribution in [0.4, 0.5) is 0 Å². The molecule has 0 bridgehead atoms. The molecular formula is C32H30AsN3O2. The topological polar surface area (TPSA) is 59.5 Å². The number of carbonyl (C=O) groups is 1. The Kier molecular flexibility index (Phi) is 6.33. The van der Waals surface area contributed by atoms with Crippen molar-refractivity contribution in [3.63, 3.8) is 0 Å². The van der Waals surface area contributed by atoms with Gasteiger partial charge in [-0.3, -0.25) is 0 Å². The van der Waals surface area contributed by atoms with Gasteiger partial charge in [0.05, 0.1) is 0 Å². The van der Waals surface area contributed by atoms with E-state index in [1.807, 2.05) is 60.8 Å². The van der Waals surface area contributed by atoms with Gasteiger partial charge in [-0.2, -0.15) is 0 Å². The second-order valence-corrected chi connectivity index (χ2v) is 15.6. The van der Waals surface area contributed by atoms with Crippen LogP contribution in [0.2, 0.25) is 16.6 Å². The molecule has 0 unspecified atom stereocenters. The van der Waals surface area contributed by atoms with Gasteiger partial charge in [-0.1, -0.05) is 18.2 Å². The summed E-state index contributed by atoms with van der Waals surface area (Å²) in [4.78, 5) is 17.6. The molecule has 0 saturated heterocycles. The van der Waals surface area contributed by atoms with E-state index in [-0.39, 0.29) is 0 Å². The molecule has 38 heavy (non-hydrogen) atoms. The zero-order valence-electron chi connectivity index (χ0n) is 21.8. The van der Waals surface area contributed by atoms with Gasteiger partial charge >= 0.3 is 209 Å². The maximum absolute atomic E-state index is 12.6. The Hall–Kier alpha value is -3.82. The molecule has 0 radical (unpaired) electrons. The van der Waals surface area contributed by atoms with Crippen molar-refractivity contribution in [2.45, 2.75) is 36.5 Å². The quantitative estimate of drug-likeness (QED) is 0.205. The first-order valence-electron chi connectivity index (χ1n) is 12.9. The van der Waals surface area contributed by atoms with E-state index in [0.717, 1.165) is 34.4 Å². The fraction of sp³-hybridized carbons (Fsp3) is 0.188. The fourth-order valence-corrected chi connectivity index (χ4v) is 6.86. The Morgan fingerprint density at radius 1 is 0.974 bits per heavy atom. The van der Waals surface area contributed by atoms with Crippen LogP contribution in [0.25, 0.3) is 38.6 Å². The van der Waals surface area contributed by atoms with Gasteiger partial charge in [-0.05, 0) is 0 Å². The van der Waals surface area contributed by atoms with Gasteiger partial charge in [-0.15, -0.1) is 0 Å². The Labute approximate surface area is 226 Å². The van der Waals surface area contributed by atoms with E-state index in [0.29, 0.717) is 17.5 Å². The Morgan fingerprint density at radius 2 is 1.79 bits per heavy atom. The van der Waals surface area contributed by atoms with E-state index in [9.17, 15) is 9.90 Å². The molecule has 0 fully saturated rings. The molecule has 6 rings (SSSR count). The van der Waals surface area contributed by atoms with Crippen molar-refractivity contribution >= 4 is 47.9 Å². The molecule has 3 heterocycles. The first-order valence-corrected chi connectivity index (χ1v) is 17.9. The van der Waals surface area contributed by atoms with Gasteiger partial charge in [-0.25, -0.2) is 0 Å². The number of benzene rings is 3. The van der Waals surface area contributed by atoms with Crippen molar-refractivity contribution in [2.75, 3.05) is 0 Å². The number of pyridine rings is 1. The molecule has 3 aromatic heterocycles. The SMILES string of the molecule is Cc1cccc2c1c(Cc1c(-c3ccc4ccccc4c3C(=O)O)nc3ccccn13)cn2CC[As](C)C. The monoisotopic (exact) mass is 563 g/mol. The van der Waals surface area contributed by atoms with E-state index in [1.54, 1.807) is 0 Å². The number of hydrogen-bond donors (Lipinski definition) is 1. The van der Waals surface area contributed by atoms with Crippen LogP contribution in [0.3, 0.4) is 0 Å². The summed E-state index contributed by atoms with van der Waals surface area (Å²) in [5.74, 6) is -0.940. The molecule has 6 aromatic rings. The van der Waals surface area contributed by atoms with Gasteiger partial charge in [0, 0.05) is 0 Å². The minimum absolute atomic E-state index is 0.300. The summed E-state index contributed by atoms with van der Waals surface area (Å²) < 4.78 is 4.52. The molecule has 0 aliphatic heterocycles. The van der Waals surface area contributed by atoms with Gasteiger partial charge in [0.1, 0.15) is 0 Å². The summed E-state index contributed by atoms with van der Waals surface area (Å²) in [5.41, 5.74) is 12.1. The van der Waals surface area contributed by atoms with Crippen LogP contribution in [0.15, 0.2) is 85.2 Å². The number of imidazole rings is 1. The molecule has 0 saturated carbocycles. The molecule has 3 aromatic carbocycles. The number of fused-ring (bicyclic) bond motifs is 3. The van der Waals surface area contributed by atoms with Crippen LogP contribution in [0.5, 0.6) is 0 Å². The van der Waals surface area contributed by atoms with Crippen molar-refractivity contribution in [2.24, 2.45) is 0 Å². The van der Waals surface area contributed by atoms with Crippen molar-refractivity contribution in [3.8, 4) is 11.3 Å². The summed E-state index contributed by atoms with van der Waals surface area (Å²) >= 11 is -0.757. The second kappa shape index (κ2) is 9.81. The third-order valence-electron chi connectivity index (χ3n) is 7.37. The van der Waals surface area contributed by atoms with Crippen LogP contribution in [-0.4, -0.2) is 39.7 Å². The van der Waals surface area contributed by atoms with Crippen molar-refractivity contribution in [3.05, 3.63) is 108 Å². The zero-order chi connectivity index (χ0) is 26.4. The Morgan fingerprint density at radius 3 is 2.61 bits per heavy atom. The minimum atomic E-state index is -0.940. The van der Waals surface area contributed by atoms with Gasteiger partial charge in [0.2, 0.25) is 0 Å². The molecule has 0 aliphatic carbocycles. The molecule has 6 heteroatoms. The van der Waals surface area contributed by atoms with E-state index in [4.69, 9.17) is 4.98 Å². The van der Waals surface area contributed by atoms with Crippen molar-refractivity contribution < 1.29 is 9.90 Å². The average molecular weight is 564 g/mol. The number of rotatable bonds is 7. The van der Waals surface area contributed by atoms with Crippen LogP contribution < -0.4 is 0 Å². The normalized spacial score (nSPS) is 11.8. The second-order valence-electron chi connectivity index (χ2n) is 10.1. The first-order chi connectivity index (χ1) is 18.4. The molecule has 5 nitrogen and oxygen atoms in total.